The summed E-state index contributed by atoms with van der Waals surface area (Å²) in [6.45, 7) is 2.24. The van der Waals surface area contributed by atoms with Crippen molar-refractivity contribution in [3.05, 3.63) is 138 Å². The van der Waals surface area contributed by atoms with Gasteiger partial charge < -0.3 is 4.57 Å². The Labute approximate surface area is 206 Å². The van der Waals surface area contributed by atoms with Gasteiger partial charge in [0.05, 0.1) is 17.1 Å². The number of rotatable bonds is 4. The van der Waals surface area contributed by atoms with E-state index < -0.39 is 0 Å². The van der Waals surface area contributed by atoms with E-state index in [4.69, 9.17) is 0 Å². The normalized spacial score (nSPS) is 18.5. The molecule has 5 aromatic rings. The molecule has 1 nitrogen and oxygen atoms in total. The van der Waals surface area contributed by atoms with E-state index >= 15 is 0 Å². The van der Waals surface area contributed by atoms with Crippen LogP contribution in [-0.4, -0.2) is 4.57 Å². The first-order valence-electron chi connectivity index (χ1n) is 12.5. The molecular formula is C34H27N. The molecule has 1 aliphatic carbocycles. The van der Waals surface area contributed by atoms with Crippen LogP contribution in [0.1, 0.15) is 35.6 Å². The minimum absolute atomic E-state index is 0.375. The van der Waals surface area contributed by atoms with Gasteiger partial charge in [-0.25, -0.2) is 0 Å². The molecule has 0 bridgehead atoms. The summed E-state index contributed by atoms with van der Waals surface area (Å²) in [4.78, 5) is 0. The summed E-state index contributed by atoms with van der Waals surface area (Å²) in [7, 11) is 0. The highest BCUT2D eigenvalue weighted by atomic mass is 15.0. The molecule has 168 valence electrons. The summed E-state index contributed by atoms with van der Waals surface area (Å²) in [5.74, 6) is 0.447. The zero-order valence-electron chi connectivity index (χ0n) is 19.9. The van der Waals surface area contributed by atoms with Crippen LogP contribution in [-0.2, 0) is 6.42 Å². The standard InChI is InChI=1S/C34H27N/c1-23(14-15-24-16-18-26(19-17-24)25-8-3-2-4-9-25)27-20-21-29-31-12-7-11-30-28-10-5-6-13-32(28)35(34(30)31)33(29)22-27/h2-14,16-22,28,32H,15H2,1H3/b23-14+. The molecule has 7 rings (SSSR count). The smallest absolute Gasteiger partial charge is 0.0630 e. The van der Waals surface area contributed by atoms with Gasteiger partial charge in [0.25, 0.3) is 0 Å². The molecule has 0 N–H and O–H groups in total. The first-order valence-corrected chi connectivity index (χ1v) is 12.5. The third-order valence-corrected chi connectivity index (χ3v) is 7.78. The number of allylic oxidation sites excluding steroid dienone is 6. The van der Waals surface area contributed by atoms with Crippen LogP contribution < -0.4 is 0 Å². The minimum atomic E-state index is 0.375. The lowest BCUT2D eigenvalue weighted by molar-refractivity contribution is 0.615. The van der Waals surface area contributed by atoms with Gasteiger partial charge >= 0.3 is 0 Å². The van der Waals surface area contributed by atoms with Gasteiger partial charge in [-0.1, -0.05) is 115 Å². The summed E-state index contributed by atoms with van der Waals surface area (Å²) >= 11 is 0. The maximum atomic E-state index is 2.57. The monoisotopic (exact) mass is 449 g/mol. The van der Waals surface area contributed by atoms with E-state index in [0.717, 1.165) is 6.42 Å². The number of hydrogen-bond donors (Lipinski definition) is 0. The van der Waals surface area contributed by atoms with E-state index in [9.17, 15) is 0 Å². The minimum Gasteiger partial charge on any atom is -0.332 e. The third kappa shape index (κ3) is 3.23. The fourth-order valence-electron chi connectivity index (χ4n) is 5.93. The largest absolute Gasteiger partial charge is 0.332 e. The molecule has 2 aliphatic rings. The second kappa shape index (κ2) is 7.99. The van der Waals surface area contributed by atoms with Crippen molar-refractivity contribution in [1.82, 2.24) is 4.57 Å². The zero-order chi connectivity index (χ0) is 23.4. The number of fused-ring (bicyclic) bond motifs is 6. The van der Waals surface area contributed by atoms with Gasteiger partial charge in [0, 0.05) is 16.7 Å². The average molecular weight is 450 g/mol. The van der Waals surface area contributed by atoms with E-state index in [2.05, 4.69) is 133 Å². The lowest BCUT2D eigenvalue weighted by atomic mass is 9.90. The Morgan fingerprint density at radius 1 is 0.771 bits per heavy atom. The van der Waals surface area contributed by atoms with Crippen molar-refractivity contribution in [3.63, 3.8) is 0 Å². The molecular weight excluding hydrogens is 422 g/mol. The molecule has 1 heteroatoms. The van der Waals surface area contributed by atoms with Gasteiger partial charge in [-0.3, -0.25) is 0 Å². The Bertz CT molecular complexity index is 1660. The van der Waals surface area contributed by atoms with Gasteiger partial charge in [-0.15, -0.1) is 0 Å². The Morgan fingerprint density at radius 3 is 2.43 bits per heavy atom. The number of aromatic nitrogens is 1. The van der Waals surface area contributed by atoms with Gasteiger partial charge in [0.15, 0.2) is 0 Å². The highest BCUT2D eigenvalue weighted by Gasteiger charge is 2.33. The van der Waals surface area contributed by atoms with Gasteiger partial charge in [-0.2, -0.15) is 0 Å². The zero-order valence-corrected chi connectivity index (χ0v) is 19.9. The molecule has 0 saturated carbocycles. The Kier molecular flexibility index (Phi) is 4.63. The molecule has 2 atom stereocenters. The Morgan fingerprint density at radius 2 is 1.57 bits per heavy atom. The second-order valence-corrected chi connectivity index (χ2v) is 9.79. The molecule has 1 aliphatic heterocycles. The molecule has 4 aromatic carbocycles. The molecule has 0 amide bonds. The second-order valence-electron chi connectivity index (χ2n) is 9.79. The van der Waals surface area contributed by atoms with Crippen LogP contribution in [0.25, 0.3) is 38.5 Å². The van der Waals surface area contributed by atoms with Gasteiger partial charge in [0.1, 0.15) is 0 Å². The highest BCUT2D eigenvalue weighted by Crippen LogP contribution is 2.49. The van der Waals surface area contributed by atoms with Crippen LogP contribution in [0, 0.1) is 0 Å². The van der Waals surface area contributed by atoms with Gasteiger partial charge in [-0.05, 0) is 52.8 Å². The van der Waals surface area contributed by atoms with Crippen LogP contribution in [0.15, 0.2) is 121 Å². The number of benzene rings is 4. The first-order chi connectivity index (χ1) is 17.3. The number of para-hydroxylation sites is 1. The van der Waals surface area contributed by atoms with Crippen LogP contribution >= 0.6 is 0 Å². The van der Waals surface area contributed by atoms with Crippen molar-refractivity contribution in [2.45, 2.75) is 25.3 Å². The maximum Gasteiger partial charge on any atom is 0.0630 e. The van der Waals surface area contributed by atoms with E-state index in [0.29, 0.717) is 12.0 Å². The molecule has 0 radical (unpaired) electrons. The van der Waals surface area contributed by atoms with Crippen molar-refractivity contribution in [1.29, 1.82) is 0 Å². The topological polar surface area (TPSA) is 4.93 Å². The molecule has 0 saturated heterocycles. The molecule has 2 unspecified atom stereocenters. The molecule has 1 aromatic heterocycles. The van der Waals surface area contributed by atoms with Crippen LogP contribution in [0.4, 0.5) is 0 Å². The number of nitrogens with zero attached hydrogens (tertiary/aromatic N) is 1. The van der Waals surface area contributed by atoms with Crippen molar-refractivity contribution >= 4 is 27.4 Å². The van der Waals surface area contributed by atoms with Crippen molar-refractivity contribution in [3.8, 4) is 11.1 Å². The predicted molar refractivity (Wildman–Crippen MR) is 149 cm³/mol. The predicted octanol–water partition coefficient (Wildman–Crippen LogP) is 8.87. The summed E-state index contributed by atoms with van der Waals surface area (Å²) in [5.41, 5.74) is 10.7. The first kappa shape index (κ1) is 20.3. The van der Waals surface area contributed by atoms with E-state index in [1.807, 2.05) is 0 Å². The van der Waals surface area contributed by atoms with Crippen LogP contribution in [0.5, 0.6) is 0 Å². The Balaban J connectivity index is 1.22. The quantitative estimate of drug-likeness (QED) is 0.258. The fraction of sp³-hybridized carbons (Fsp3) is 0.118. The lowest BCUT2D eigenvalue weighted by Gasteiger charge is -2.20. The summed E-state index contributed by atoms with van der Waals surface area (Å²) < 4.78 is 2.57. The summed E-state index contributed by atoms with van der Waals surface area (Å²) in [6.07, 6.45) is 12.4. The maximum absolute atomic E-state index is 2.57. The van der Waals surface area contributed by atoms with E-state index in [-0.39, 0.29) is 0 Å². The summed E-state index contributed by atoms with van der Waals surface area (Å²) in [5, 5.41) is 2.73. The highest BCUT2D eigenvalue weighted by molar-refractivity contribution is 6.11. The van der Waals surface area contributed by atoms with Crippen molar-refractivity contribution < 1.29 is 0 Å². The van der Waals surface area contributed by atoms with E-state index in [1.54, 1.807) is 0 Å². The van der Waals surface area contributed by atoms with Crippen LogP contribution in [0.3, 0.4) is 0 Å². The molecule has 35 heavy (non-hydrogen) atoms. The van der Waals surface area contributed by atoms with Crippen LogP contribution in [0.2, 0.25) is 0 Å². The molecule has 0 fully saturated rings. The average Bonchev–Trinajstić information content (AvgIpc) is 3.44. The Hall–Kier alpha value is -4.10. The third-order valence-electron chi connectivity index (χ3n) is 7.78. The lowest BCUT2D eigenvalue weighted by Crippen LogP contribution is -2.08. The fourth-order valence-corrected chi connectivity index (χ4v) is 5.93. The van der Waals surface area contributed by atoms with E-state index in [1.165, 1.54) is 55.2 Å². The SMILES string of the molecule is C/C(=C\Cc1ccc(-c2ccccc2)cc1)c1ccc2c3cccc4c3n(c2c1)C1C=CC=CC41. The molecule has 2 heterocycles. The van der Waals surface area contributed by atoms with Crippen molar-refractivity contribution in [2.75, 3.05) is 0 Å². The molecule has 0 spiro atoms. The number of hydrogen-bond acceptors (Lipinski definition) is 0. The van der Waals surface area contributed by atoms with Gasteiger partial charge in [0.2, 0.25) is 0 Å². The summed E-state index contributed by atoms with van der Waals surface area (Å²) in [6, 6.07) is 33.7. The van der Waals surface area contributed by atoms with Crippen molar-refractivity contribution in [2.24, 2.45) is 0 Å².